The third-order valence-electron chi connectivity index (χ3n) is 5.24. The van der Waals surface area contributed by atoms with Gasteiger partial charge in [0.2, 0.25) is 15.0 Å². The minimum absolute atomic E-state index is 0.112. The van der Waals surface area contributed by atoms with Crippen molar-refractivity contribution in [3.63, 3.8) is 0 Å². The molecule has 1 fully saturated rings. The summed E-state index contributed by atoms with van der Waals surface area (Å²) in [4.78, 5) is 12.7. The number of nitrogens with one attached hydrogen (secondary N) is 1. The van der Waals surface area contributed by atoms with Crippen molar-refractivity contribution in [3.05, 3.63) is 69.1 Å². The molecule has 10 heteroatoms. The van der Waals surface area contributed by atoms with Crippen LogP contribution in [0.15, 0.2) is 53.4 Å². The summed E-state index contributed by atoms with van der Waals surface area (Å²) in [6.07, 6.45) is 1.49. The fourth-order valence-electron chi connectivity index (χ4n) is 3.57. The first kappa shape index (κ1) is 21.9. The van der Waals surface area contributed by atoms with E-state index in [4.69, 9.17) is 11.6 Å². The molecule has 1 aliphatic heterocycles. The van der Waals surface area contributed by atoms with Crippen molar-refractivity contribution in [2.24, 2.45) is 0 Å². The van der Waals surface area contributed by atoms with Crippen LogP contribution in [0.2, 0.25) is 5.02 Å². The number of nitrogens with zero attached hydrogens (tertiary/aromatic N) is 3. The summed E-state index contributed by atoms with van der Waals surface area (Å²) in [5.41, 5.74) is 1.22. The van der Waals surface area contributed by atoms with E-state index in [9.17, 15) is 13.2 Å². The van der Waals surface area contributed by atoms with Gasteiger partial charge in [-0.15, -0.1) is 10.2 Å². The van der Waals surface area contributed by atoms with Crippen molar-refractivity contribution < 1.29 is 13.2 Å². The Kier molecular flexibility index (Phi) is 6.38. The summed E-state index contributed by atoms with van der Waals surface area (Å²) in [5.74, 6) is -0.441. The molecule has 1 atom stereocenters. The fourth-order valence-corrected chi connectivity index (χ4v) is 6.43. The second-order valence-corrected chi connectivity index (χ2v) is 10.7. The van der Waals surface area contributed by atoms with E-state index in [1.807, 2.05) is 18.2 Å². The Labute approximate surface area is 190 Å². The van der Waals surface area contributed by atoms with Gasteiger partial charge in [0.05, 0.1) is 4.90 Å². The first-order valence-corrected chi connectivity index (χ1v) is 12.4. The predicted molar refractivity (Wildman–Crippen MR) is 121 cm³/mol. The Morgan fingerprint density at radius 3 is 2.71 bits per heavy atom. The number of aromatic nitrogens is 2. The number of sulfonamides is 1. The average molecular weight is 477 g/mol. The summed E-state index contributed by atoms with van der Waals surface area (Å²) in [5, 5.41) is 12.4. The number of carbonyl (C=O) groups excluding carboxylic acids is 1. The third kappa shape index (κ3) is 4.64. The van der Waals surface area contributed by atoms with Gasteiger partial charge in [-0.05, 0) is 49.6 Å². The molecular weight excluding hydrogens is 456 g/mol. The first-order chi connectivity index (χ1) is 14.9. The predicted octanol–water partition coefficient (Wildman–Crippen LogP) is 4.32. The van der Waals surface area contributed by atoms with E-state index in [0.717, 1.165) is 6.42 Å². The number of rotatable bonds is 5. The van der Waals surface area contributed by atoms with Crippen molar-refractivity contribution in [3.8, 4) is 0 Å². The summed E-state index contributed by atoms with van der Waals surface area (Å²) in [6, 6.07) is 14.0. The number of hydrogen-bond donors (Lipinski definition) is 1. The third-order valence-corrected chi connectivity index (χ3v) is 8.74. The SMILES string of the molecule is Cc1c(Cl)cccc1S(=O)(=O)N1CCC[C@H](c2nnc(C(=O)Nc3ccccc3)s2)C1. The summed E-state index contributed by atoms with van der Waals surface area (Å²) < 4.78 is 27.9. The highest BCUT2D eigenvalue weighted by Crippen LogP contribution is 2.33. The number of hydrogen-bond acceptors (Lipinski definition) is 6. The Morgan fingerprint density at radius 2 is 1.94 bits per heavy atom. The molecule has 1 saturated heterocycles. The Balaban J connectivity index is 1.50. The largest absolute Gasteiger partial charge is 0.320 e. The van der Waals surface area contributed by atoms with Crippen molar-refractivity contribution in [2.75, 3.05) is 18.4 Å². The van der Waals surface area contributed by atoms with Crippen molar-refractivity contribution >= 4 is 44.6 Å². The van der Waals surface area contributed by atoms with Crippen molar-refractivity contribution in [2.45, 2.75) is 30.6 Å². The second kappa shape index (κ2) is 9.04. The van der Waals surface area contributed by atoms with E-state index < -0.39 is 10.0 Å². The number of carbonyl (C=O) groups is 1. The number of piperidine rings is 1. The number of anilines is 1. The van der Waals surface area contributed by atoms with Crippen LogP contribution in [0.1, 0.15) is 39.1 Å². The number of benzene rings is 2. The first-order valence-electron chi connectivity index (χ1n) is 9.81. The van der Waals surface area contributed by atoms with Crippen LogP contribution in [-0.4, -0.2) is 41.9 Å². The van der Waals surface area contributed by atoms with Gasteiger partial charge in [0.1, 0.15) is 5.01 Å². The standard InChI is InChI=1S/C21H21ClN4O3S2/c1-14-17(22)10-5-11-18(14)31(28,29)26-12-6-7-15(13-26)20-24-25-21(30-20)19(27)23-16-8-3-2-4-9-16/h2-5,8-11,15H,6-7,12-13H2,1H3,(H,23,27)/t15-/m0/s1. The number of amides is 1. The molecule has 1 aromatic heterocycles. The lowest BCUT2D eigenvalue weighted by Crippen LogP contribution is -2.39. The van der Waals surface area contributed by atoms with Crippen LogP contribution in [0, 0.1) is 6.92 Å². The van der Waals surface area contributed by atoms with E-state index in [2.05, 4.69) is 15.5 Å². The molecular formula is C21H21ClN4O3S2. The van der Waals surface area contributed by atoms with Crippen LogP contribution < -0.4 is 5.32 Å². The van der Waals surface area contributed by atoms with E-state index in [1.54, 1.807) is 37.3 Å². The molecule has 0 bridgehead atoms. The summed E-state index contributed by atoms with van der Waals surface area (Å²) in [7, 11) is -3.68. The molecule has 3 aromatic rings. The molecule has 0 aliphatic carbocycles. The van der Waals surface area contributed by atoms with Crippen LogP contribution >= 0.6 is 22.9 Å². The lowest BCUT2D eigenvalue weighted by atomic mass is 10.0. The monoisotopic (exact) mass is 476 g/mol. The molecule has 31 heavy (non-hydrogen) atoms. The van der Waals surface area contributed by atoms with Gasteiger partial charge in [-0.25, -0.2) is 8.42 Å². The topological polar surface area (TPSA) is 92.3 Å². The molecule has 162 valence electrons. The second-order valence-electron chi connectivity index (χ2n) is 7.33. The lowest BCUT2D eigenvalue weighted by molar-refractivity contribution is 0.102. The average Bonchev–Trinajstić information content (AvgIpc) is 3.27. The maximum Gasteiger partial charge on any atom is 0.286 e. The molecule has 1 aliphatic rings. The van der Waals surface area contributed by atoms with Gasteiger partial charge in [-0.3, -0.25) is 4.79 Å². The molecule has 2 heterocycles. The maximum absolute atomic E-state index is 13.2. The van der Waals surface area contributed by atoms with Gasteiger partial charge in [0.15, 0.2) is 0 Å². The maximum atomic E-state index is 13.2. The Morgan fingerprint density at radius 1 is 1.16 bits per heavy atom. The van der Waals surface area contributed by atoms with Gasteiger partial charge < -0.3 is 5.32 Å². The van der Waals surface area contributed by atoms with Gasteiger partial charge >= 0.3 is 0 Å². The van der Waals surface area contributed by atoms with E-state index in [0.29, 0.717) is 40.8 Å². The van der Waals surface area contributed by atoms with Crippen LogP contribution in [0.5, 0.6) is 0 Å². The highest BCUT2D eigenvalue weighted by molar-refractivity contribution is 7.89. The van der Waals surface area contributed by atoms with Gasteiger partial charge in [-0.2, -0.15) is 4.31 Å². The van der Waals surface area contributed by atoms with Crippen LogP contribution in [0.3, 0.4) is 0 Å². The molecule has 4 rings (SSSR count). The molecule has 0 radical (unpaired) electrons. The molecule has 7 nitrogen and oxygen atoms in total. The summed E-state index contributed by atoms with van der Waals surface area (Å²) >= 11 is 7.34. The normalized spacial score (nSPS) is 17.4. The zero-order valence-electron chi connectivity index (χ0n) is 16.8. The zero-order valence-corrected chi connectivity index (χ0v) is 19.2. The lowest BCUT2D eigenvalue weighted by Gasteiger charge is -2.31. The quantitative estimate of drug-likeness (QED) is 0.592. The molecule has 1 amide bonds. The van der Waals surface area contributed by atoms with E-state index in [-0.39, 0.29) is 21.7 Å². The zero-order chi connectivity index (χ0) is 22.0. The fraction of sp³-hybridized carbons (Fsp3) is 0.286. The van der Waals surface area contributed by atoms with E-state index in [1.165, 1.54) is 15.6 Å². The minimum Gasteiger partial charge on any atom is -0.320 e. The Hall–Kier alpha value is -2.33. The van der Waals surface area contributed by atoms with Crippen molar-refractivity contribution in [1.29, 1.82) is 0 Å². The molecule has 2 aromatic carbocycles. The number of para-hydroxylation sites is 1. The van der Waals surface area contributed by atoms with Crippen LogP contribution in [0.25, 0.3) is 0 Å². The van der Waals surface area contributed by atoms with Crippen LogP contribution in [-0.2, 0) is 10.0 Å². The van der Waals surface area contributed by atoms with E-state index >= 15 is 0 Å². The van der Waals surface area contributed by atoms with Crippen LogP contribution in [0.4, 0.5) is 5.69 Å². The van der Waals surface area contributed by atoms with Gasteiger partial charge in [0, 0.05) is 29.7 Å². The van der Waals surface area contributed by atoms with Crippen molar-refractivity contribution in [1.82, 2.24) is 14.5 Å². The smallest absolute Gasteiger partial charge is 0.286 e. The summed E-state index contributed by atoms with van der Waals surface area (Å²) in [6.45, 7) is 2.44. The van der Waals surface area contributed by atoms with Gasteiger partial charge in [-0.1, -0.05) is 47.2 Å². The Bertz CT molecular complexity index is 1200. The highest BCUT2D eigenvalue weighted by atomic mass is 35.5. The number of halogens is 1. The van der Waals surface area contributed by atoms with Gasteiger partial charge in [0.25, 0.3) is 5.91 Å². The minimum atomic E-state index is -3.68. The highest BCUT2D eigenvalue weighted by Gasteiger charge is 2.33. The molecule has 0 unspecified atom stereocenters. The molecule has 1 N–H and O–H groups in total. The molecule has 0 spiro atoms. The molecule has 0 saturated carbocycles.